The molecular formula is C23H24N2O5. The van der Waals surface area contributed by atoms with Crippen LogP contribution in [0.15, 0.2) is 47.3 Å². The van der Waals surface area contributed by atoms with Gasteiger partial charge < -0.3 is 24.5 Å². The van der Waals surface area contributed by atoms with E-state index in [0.29, 0.717) is 28.9 Å². The molecule has 0 saturated carbocycles. The van der Waals surface area contributed by atoms with E-state index in [9.17, 15) is 14.7 Å². The number of unbranched alkanes of at least 4 members (excludes halogenated alkanes) is 2. The summed E-state index contributed by atoms with van der Waals surface area (Å²) < 4.78 is 12.2. The molecule has 156 valence electrons. The summed E-state index contributed by atoms with van der Waals surface area (Å²) in [6, 6.07) is 12.5. The van der Waals surface area contributed by atoms with Crippen LogP contribution in [0.2, 0.25) is 0 Å². The molecule has 0 bridgehead atoms. The first-order chi connectivity index (χ1) is 14.6. The van der Waals surface area contributed by atoms with Crippen molar-refractivity contribution < 1.29 is 19.4 Å². The van der Waals surface area contributed by atoms with Crippen LogP contribution >= 0.6 is 0 Å². The zero-order chi connectivity index (χ0) is 21.1. The Labute approximate surface area is 173 Å². The Morgan fingerprint density at radius 1 is 1.13 bits per heavy atom. The summed E-state index contributed by atoms with van der Waals surface area (Å²) >= 11 is 0. The van der Waals surface area contributed by atoms with Crippen LogP contribution in [-0.4, -0.2) is 22.4 Å². The number of hydrogen-bond acceptors (Lipinski definition) is 5. The van der Waals surface area contributed by atoms with Gasteiger partial charge in [0, 0.05) is 18.5 Å². The Bertz CT molecular complexity index is 1150. The molecule has 0 atom stereocenters. The van der Waals surface area contributed by atoms with E-state index in [4.69, 9.17) is 9.47 Å². The lowest BCUT2D eigenvalue weighted by Crippen LogP contribution is -2.33. The van der Waals surface area contributed by atoms with Gasteiger partial charge in [0.25, 0.3) is 11.5 Å². The monoisotopic (exact) mass is 408 g/mol. The Kier molecular flexibility index (Phi) is 5.61. The number of para-hydroxylation sites is 1. The third-order valence-corrected chi connectivity index (χ3v) is 5.25. The maximum Gasteiger partial charge on any atom is 0.267 e. The van der Waals surface area contributed by atoms with E-state index in [1.165, 1.54) is 0 Å². The van der Waals surface area contributed by atoms with Crippen molar-refractivity contribution in [2.45, 2.75) is 39.3 Å². The number of pyridine rings is 1. The molecule has 2 aromatic carbocycles. The molecule has 0 radical (unpaired) electrons. The highest BCUT2D eigenvalue weighted by Gasteiger charge is 2.22. The zero-order valence-corrected chi connectivity index (χ0v) is 16.8. The molecule has 30 heavy (non-hydrogen) atoms. The number of benzene rings is 2. The second-order valence-electron chi connectivity index (χ2n) is 7.27. The predicted octanol–water partition coefficient (Wildman–Crippen LogP) is 3.56. The first-order valence-corrected chi connectivity index (χ1v) is 10.1. The lowest BCUT2D eigenvalue weighted by molar-refractivity contribution is 0.0946. The molecule has 1 amide bonds. The lowest BCUT2D eigenvalue weighted by atomic mass is 10.1. The minimum absolute atomic E-state index is 0.174. The van der Waals surface area contributed by atoms with Gasteiger partial charge in [0.2, 0.25) is 6.79 Å². The van der Waals surface area contributed by atoms with Gasteiger partial charge in [-0.25, -0.2) is 0 Å². The highest BCUT2D eigenvalue weighted by molar-refractivity contribution is 6.02. The lowest BCUT2D eigenvalue weighted by Gasteiger charge is -2.15. The standard InChI is InChI=1S/C23H24N2O5/c1-2-3-6-11-25-17-8-5-4-7-16(17)21(26)20(23(25)28)22(27)24-13-15-9-10-18-19(12-15)30-14-29-18/h4-5,7-10,12,26H,2-3,6,11,13-14H2,1H3,(H,24,27). The fraction of sp³-hybridized carbons (Fsp3) is 0.304. The number of ether oxygens (including phenoxy) is 2. The molecule has 2 heterocycles. The van der Waals surface area contributed by atoms with Gasteiger partial charge in [-0.1, -0.05) is 38.0 Å². The highest BCUT2D eigenvalue weighted by Crippen LogP contribution is 2.32. The van der Waals surface area contributed by atoms with E-state index in [1.807, 2.05) is 12.1 Å². The molecular weight excluding hydrogens is 384 g/mol. The van der Waals surface area contributed by atoms with Crippen molar-refractivity contribution in [1.29, 1.82) is 0 Å². The van der Waals surface area contributed by atoms with Gasteiger partial charge in [0.1, 0.15) is 11.3 Å². The molecule has 1 aromatic heterocycles. The highest BCUT2D eigenvalue weighted by atomic mass is 16.7. The number of aromatic hydroxyl groups is 1. The van der Waals surface area contributed by atoms with Crippen molar-refractivity contribution in [3.8, 4) is 17.2 Å². The number of carbonyl (C=O) groups is 1. The minimum Gasteiger partial charge on any atom is -0.506 e. The summed E-state index contributed by atoms with van der Waals surface area (Å²) in [7, 11) is 0. The van der Waals surface area contributed by atoms with Crippen LogP contribution in [0, 0.1) is 0 Å². The van der Waals surface area contributed by atoms with Crippen LogP contribution in [0.3, 0.4) is 0 Å². The average molecular weight is 408 g/mol. The molecule has 4 rings (SSSR count). The van der Waals surface area contributed by atoms with Crippen molar-refractivity contribution in [2.75, 3.05) is 6.79 Å². The van der Waals surface area contributed by atoms with E-state index in [-0.39, 0.29) is 24.7 Å². The van der Waals surface area contributed by atoms with Gasteiger partial charge in [0.15, 0.2) is 11.5 Å². The molecule has 0 spiro atoms. The smallest absolute Gasteiger partial charge is 0.267 e. The third kappa shape index (κ3) is 3.70. The minimum atomic E-state index is -0.606. The number of nitrogens with zero attached hydrogens (tertiary/aromatic N) is 1. The van der Waals surface area contributed by atoms with Crippen LogP contribution < -0.4 is 20.3 Å². The van der Waals surface area contributed by atoms with Gasteiger partial charge in [0.05, 0.1) is 5.52 Å². The first-order valence-electron chi connectivity index (χ1n) is 10.1. The Hall–Kier alpha value is -3.48. The summed E-state index contributed by atoms with van der Waals surface area (Å²) in [6.45, 7) is 2.95. The summed E-state index contributed by atoms with van der Waals surface area (Å²) in [6.07, 6.45) is 2.82. The molecule has 0 aliphatic carbocycles. The summed E-state index contributed by atoms with van der Waals surface area (Å²) in [5, 5.41) is 13.9. The van der Waals surface area contributed by atoms with E-state index in [1.54, 1.807) is 34.9 Å². The normalized spacial score (nSPS) is 12.3. The number of carbonyl (C=O) groups excluding carboxylic acids is 1. The van der Waals surface area contributed by atoms with Gasteiger partial charge in [-0.15, -0.1) is 0 Å². The number of hydrogen-bond donors (Lipinski definition) is 2. The number of aromatic nitrogens is 1. The molecule has 1 aliphatic heterocycles. The number of amides is 1. The Morgan fingerprint density at radius 2 is 1.93 bits per heavy atom. The van der Waals surface area contributed by atoms with Gasteiger partial charge in [-0.2, -0.15) is 0 Å². The van der Waals surface area contributed by atoms with Gasteiger partial charge in [-0.3, -0.25) is 9.59 Å². The molecule has 1 aliphatic rings. The molecule has 0 saturated heterocycles. The third-order valence-electron chi connectivity index (χ3n) is 5.25. The van der Waals surface area contributed by atoms with Crippen LogP contribution in [0.1, 0.15) is 42.1 Å². The second-order valence-corrected chi connectivity index (χ2v) is 7.27. The number of rotatable bonds is 7. The van der Waals surface area contributed by atoms with Gasteiger partial charge in [-0.05, 0) is 36.2 Å². The second kappa shape index (κ2) is 8.49. The Balaban J connectivity index is 1.63. The molecule has 3 aromatic rings. The van der Waals surface area contributed by atoms with E-state index in [2.05, 4.69) is 12.2 Å². The van der Waals surface area contributed by atoms with Crippen molar-refractivity contribution in [2.24, 2.45) is 0 Å². The molecule has 2 N–H and O–H groups in total. The quantitative estimate of drug-likeness (QED) is 0.584. The molecule has 0 unspecified atom stereocenters. The molecule has 7 heteroatoms. The van der Waals surface area contributed by atoms with Crippen molar-refractivity contribution >= 4 is 16.8 Å². The van der Waals surface area contributed by atoms with E-state index >= 15 is 0 Å². The summed E-state index contributed by atoms with van der Waals surface area (Å²) in [4.78, 5) is 26.0. The number of fused-ring (bicyclic) bond motifs is 2. The van der Waals surface area contributed by atoms with Gasteiger partial charge >= 0.3 is 0 Å². The molecule has 0 fully saturated rings. The SMILES string of the molecule is CCCCCn1c(=O)c(C(=O)NCc2ccc3c(c2)OCO3)c(O)c2ccccc21. The van der Waals surface area contributed by atoms with Crippen molar-refractivity contribution in [3.05, 3.63) is 63.9 Å². The maximum atomic E-state index is 13.1. The zero-order valence-electron chi connectivity index (χ0n) is 16.8. The first kappa shape index (κ1) is 19.8. The van der Waals surface area contributed by atoms with E-state index in [0.717, 1.165) is 24.8 Å². The van der Waals surface area contributed by atoms with Crippen LogP contribution in [0.25, 0.3) is 10.9 Å². The Morgan fingerprint density at radius 3 is 2.77 bits per heavy atom. The van der Waals surface area contributed by atoms with Crippen LogP contribution in [0.4, 0.5) is 0 Å². The fourth-order valence-corrected chi connectivity index (χ4v) is 3.66. The largest absolute Gasteiger partial charge is 0.506 e. The molecule has 7 nitrogen and oxygen atoms in total. The summed E-state index contributed by atoms with van der Waals surface area (Å²) in [5.74, 6) is 0.386. The van der Waals surface area contributed by atoms with Crippen molar-refractivity contribution in [3.63, 3.8) is 0 Å². The average Bonchev–Trinajstić information content (AvgIpc) is 3.22. The van der Waals surface area contributed by atoms with Crippen LogP contribution in [0.5, 0.6) is 17.2 Å². The fourth-order valence-electron chi connectivity index (χ4n) is 3.66. The number of nitrogens with one attached hydrogen (secondary N) is 1. The van der Waals surface area contributed by atoms with Crippen LogP contribution in [-0.2, 0) is 13.1 Å². The maximum absolute atomic E-state index is 13.1. The van der Waals surface area contributed by atoms with E-state index < -0.39 is 11.5 Å². The number of aryl methyl sites for hydroxylation is 1. The topological polar surface area (TPSA) is 89.8 Å². The predicted molar refractivity (Wildman–Crippen MR) is 113 cm³/mol. The van der Waals surface area contributed by atoms with Crippen molar-refractivity contribution in [1.82, 2.24) is 9.88 Å². The summed E-state index contributed by atoms with van der Waals surface area (Å²) in [5.41, 5.74) is 0.719.